The van der Waals surface area contributed by atoms with E-state index >= 15 is 0 Å². The first-order valence-electron chi connectivity index (χ1n) is 5.92. The summed E-state index contributed by atoms with van der Waals surface area (Å²) in [7, 11) is 0. The lowest BCUT2D eigenvalue weighted by Gasteiger charge is -2.03. The minimum atomic E-state index is -0.961. The lowest BCUT2D eigenvalue weighted by Crippen LogP contribution is -1.99. The quantitative estimate of drug-likeness (QED) is 0.749. The topological polar surface area (TPSA) is 68.0 Å². The van der Waals surface area contributed by atoms with Gasteiger partial charge in [-0.15, -0.1) is 16.9 Å². The minimum Gasteiger partial charge on any atom is -0.478 e. The number of aromatic carboxylic acids is 1. The second-order valence-electron chi connectivity index (χ2n) is 4.21. The third-order valence-corrected chi connectivity index (χ3v) is 3.75. The average molecular weight is 285 g/mol. The van der Waals surface area contributed by atoms with E-state index in [9.17, 15) is 4.79 Å². The van der Waals surface area contributed by atoms with E-state index in [1.807, 2.05) is 30.5 Å². The lowest BCUT2D eigenvalue weighted by atomic mass is 10.2. The Morgan fingerprint density at radius 3 is 2.60 bits per heavy atom. The molecule has 0 amide bonds. The molecule has 5 nitrogen and oxygen atoms in total. The fraction of sp³-hybridized carbons (Fsp3) is 0.0714. The number of carboxylic acids is 1. The molecule has 2 aromatic carbocycles. The Morgan fingerprint density at radius 1 is 1.20 bits per heavy atom. The van der Waals surface area contributed by atoms with Crippen molar-refractivity contribution in [2.75, 3.05) is 6.26 Å². The summed E-state index contributed by atoms with van der Waals surface area (Å²) in [4.78, 5) is 12.2. The lowest BCUT2D eigenvalue weighted by molar-refractivity contribution is 0.0697. The average Bonchev–Trinajstić information content (AvgIpc) is 2.90. The largest absolute Gasteiger partial charge is 0.478 e. The zero-order valence-electron chi connectivity index (χ0n) is 10.6. The molecular weight excluding hydrogens is 274 g/mol. The van der Waals surface area contributed by atoms with E-state index in [2.05, 4.69) is 10.3 Å². The van der Waals surface area contributed by atoms with E-state index in [-0.39, 0.29) is 5.56 Å². The van der Waals surface area contributed by atoms with Gasteiger partial charge in [0.05, 0.1) is 16.8 Å². The van der Waals surface area contributed by atoms with Gasteiger partial charge in [0.15, 0.2) is 0 Å². The molecule has 0 aliphatic carbocycles. The van der Waals surface area contributed by atoms with Crippen LogP contribution in [0.25, 0.3) is 16.7 Å². The maximum Gasteiger partial charge on any atom is 0.335 e. The molecule has 6 heteroatoms. The highest BCUT2D eigenvalue weighted by molar-refractivity contribution is 7.98. The predicted octanol–water partition coefficient (Wildman–Crippen LogP) is 2.84. The number of carbonyl (C=O) groups is 1. The van der Waals surface area contributed by atoms with Crippen molar-refractivity contribution in [1.82, 2.24) is 15.0 Å². The highest BCUT2D eigenvalue weighted by Gasteiger charge is 2.10. The van der Waals surface area contributed by atoms with Crippen molar-refractivity contribution >= 4 is 28.8 Å². The van der Waals surface area contributed by atoms with Crippen LogP contribution in [-0.4, -0.2) is 32.3 Å². The maximum atomic E-state index is 11.0. The molecule has 1 heterocycles. The molecule has 100 valence electrons. The van der Waals surface area contributed by atoms with Gasteiger partial charge in [-0.05, 0) is 48.7 Å². The number of hydrogen-bond donors (Lipinski definition) is 1. The van der Waals surface area contributed by atoms with Gasteiger partial charge in [-0.25, -0.2) is 9.48 Å². The Morgan fingerprint density at radius 2 is 1.95 bits per heavy atom. The van der Waals surface area contributed by atoms with Crippen molar-refractivity contribution in [3.05, 3.63) is 48.0 Å². The molecule has 0 atom stereocenters. The summed E-state index contributed by atoms with van der Waals surface area (Å²) in [5.41, 5.74) is 2.43. The SMILES string of the molecule is CSc1ccc(-n2nnc3ccc(C(=O)O)cc32)cc1. The zero-order valence-corrected chi connectivity index (χ0v) is 11.5. The fourth-order valence-corrected chi connectivity index (χ4v) is 2.37. The Bertz CT molecular complexity index is 781. The molecule has 0 aliphatic heterocycles. The molecule has 3 aromatic rings. The van der Waals surface area contributed by atoms with Crippen molar-refractivity contribution in [1.29, 1.82) is 0 Å². The Balaban J connectivity index is 2.14. The van der Waals surface area contributed by atoms with Gasteiger partial charge in [-0.3, -0.25) is 0 Å². The van der Waals surface area contributed by atoms with Crippen LogP contribution in [0, 0.1) is 0 Å². The van der Waals surface area contributed by atoms with Gasteiger partial charge >= 0.3 is 5.97 Å². The third kappa shape index (κ3) is 2.14. The molecule has 0 spiro atoms. The van der Waals surface area contributed by atoms with Gasteiger partial charge in [0.1, 0.15) is 5.52 Å². The summed E-state index contributed by atoms with van der Waals surface area (Å²) in [5.74, 6) is -0.961. The smallest absolute Gasteiger partial charge is 0.335 e. The molecule has 0 unspecified atom stereocenters. The second kappa shape index (κ2) is 4.97. The summed E-state index contributed by atoms with van der Waals surface area (Å²) in [5, 5.41) is 17.2. The van der Waals surface area contributed by atoms with Crippen molar-refractivity contribution in [3.8, 4) is 5.69 Å². The van der Waals surface area contributed by atoms with Crippen LogP contribution in [0.1, 0.15) is 10.4 Å². The number of carboxylic acid groups (broad SMARTS) is 1. The number of fused-ring (bicyclic) bond motifs is 1. The van der Waals surface area contributed by atoms with Gasteiger partial charge in [-0.2, -0.15) is 0 Å². The molecule has 3 rings (SSSR count). The molecule has 1 aromatic heterocycles. The summed E-state index contributed by atoms with van der Waals surface area (Å²) >= 11 is 1.66. The number of hydrogen-bond acceptors (Lipinski definition) is 4. The standard InChI is InChI=1S/C14H11N3O2S/c1-20-11-5-3-10(4-6-11)17-13-8-9(14(18)19)2-7-12(13)15-16-17/h2-8H,1H3,(H,18,19). The summed E-state index contributed by atoms with van der Waals surface area (Å²) in [6, 6.07) is 12.6. The van der Waals surface area contributed by atoms with Crippen LogP contribution in [0.4, 0.5) is 0 Å². The van der Waals surface area contributed by atoms with E-state index in [1.54, 1.807) is 28.6 Å². The second-order valence-corrected chi connectivity index (χ2v) is 5.09. The third-order valence-electron chi connectivity index (χ3n) is 3.01. The number of aromatic nitrogens is 3. The van der Waals surface area contributed by atoms with Crippen LogP contribution in [-0.2, 0) is 0 Å². The van der Waals surface area contributed by atoms with Crippen molar-refractivity contribution in [2.45, 2.75) is 4.90 Å². The van der Waals surface area contributed by atoms with Gasteiger partial charge in [0.2, 0.25) is 0 Å². The molecular formula is C14H11N3O2S. The zero-order chi connectivity index (χ0) is 14.1. The molecule has 1 N–H and O–H groups in total. The number of thioether (sulfide) groups is 1. The molecule has 0 saturated heterocycles. The molecule has 0 saturated carbocycles. The Kier molecular flexibility index (Phi) is 3.15. The van der Waals surface area contributed by atoms with Crippen LogP contribution in [0.5, 0.6) is 0 Å². The van der Waals surface area contributed by atoms with E-state index in [1.165, 1.54) is 6.07 Å². The van der Waals surface area contributed by atoms with Crippen molar-refractivity contribution in [3.63, 3.8) is 0 Å². The van der Waals surface area contributed by atoms with Crippen LogP contribution in [0.3, 0.4) is 0 Å². The summed E-state index contributed by atoms with van der Waals surface area (Å²) < 4.78 is 1.64. The number of nitrogens with zero attached hydrogens (tertiary/aromatic N) is 3. The maximum absolute atomic E-state index is 11.0. The van der Waals surface area contributed by atoms with Crippen LogP contribution < -0.4 is 0 Å². The van der Waals surface area contributed by atoms with Crippen molar-refractivity contribution < 1.29 is 9.90 Å². The fourth-order valence-electron chi connectivity index (χ4n) is 1.97. The van der Waals surface area contributed by atoms with Gasteiger partial charge in [0, 0.05) is 4.90 Å². The monoisotopic (exact) mass is 285 g/mol. The molecule has 0 fully saturated rings. The van der Waals surface area contributed by atoms with E-state index in [0.29, 0.717) is 11.0 Å². The van der Waals surface area contributed by atoms with Gasteiger partial charge in [-0.1, -0.05) is 5.21 Å². The van der Waals surface area contributed by atoms with E-state index in [0.717, 1.165) is 10.6 Å². The highest BCUT2D eigenvalue weighted by Crippen LogP contribution is 2.20. The summed E-state index contributed by atoms with van der Waals surface area (Å²) in [6.45, 7) is 0. The Labute approximate surface area is 119 Å². The molecule has 0 bridgehead atoms. The van der Waals surface area contributed by atoms with E-state index < -0.39 is 5.97 Å². The van der Waals surface area contributed by atoms with Crippen LogP contribution in [0.15, 0.2) is 47.4 Å². The first-order chi connectivity index (χ1) is 9.69. The normalized spacial score (nSPS) is 10.8. The van der Waals surface area contributed by atoms with Crippen LogP contribution >= 0.6 is 11.8 Å². The van der Waals surface area contributed by atoms with Gasteiger partial charge in [0.25, 0.3) is 0 Å². The molecule has 20 heavy (non-hydrogen) atoms. The number of rotatable bonds is 3. The predicted molar refractivity (Wildman–Crippen MR) is 77.6 cm³/mol. The van der Waals surface area contributed by atoms with E-state index in [4.69, 9.17) is 5.11 Å². The van der Waals surface area contributed by atoms with Gasteiger partial charge < -0.3 is 5.11 Å². The Hall–Kier alpha value is -2.34. The van der Waals surface area contributed by atoms with Crippen LogP contribution in [0.2, 0.25) is 0 Å². The van der Waals surface area contributed by atoms with Crippen molar-refractivity contribution in [2.24, 2.45) is 0 Å². The number of benzene rings is 2. The summed E-state index contributed by atoms with van der Waals surface area (Å²) in [6.07, 6.45) is 2.01. The molecule has 0 aliphatic rings. The highest BCUT2D eigenvalue weighted by atomic mass is 32.2. The first kappa shape index (κ1) is 12.7. The first-order valence-corrected chi connectivity index (χ1v) is 7.15. The minimum absolute atomic E-state index is 0.224. The molecule has 0 radical (unpaired) electrons.